The first-order chi connectivity index (χ1) is 13.2. The summed E-state index contributed by atoms with van der Waals surface area (Å²) in [5.74, 6) is -1.57. The first-order valence-corrected chi connectivity index (χ1v) is 11.1. The number of sulfonamides is 1. The summed E-state index contributed by atoms with van der Waals surface area (Å²) < 4.78 is 38.9. The summed E-state index contributed by atoms with van der Waals surface area (Å²) in [5, 5.41) is 9.28. The summed E-state index contributed by atoms with van der Waals surface area (Å²) in [4.78, 5) is 13.6. The zero-order valence-electron chi connectivity index (χ0n) is 16.3. The fraction of sp³-hybridized carbons (Fsp3) is 0.632. The highest BCUT2D eigenvalue weighted by Gasteiger charge is 2.39. The van der Waals surface area contributed by atoms with Crippen molar-refractivity contribution in [3.8, 4) is 0 Å². The molecule has 2 fully saturated rings. The predicted molar refractivity (Wildman–Crippen MR) is 104 cm³/mol. The number of nitrogens with zero attached hydrogens (tertiary/aromatic N) is 1. The molecule has 0 aromatic heterocycles. The van der Waals surface area contributed by atoms with Gasteiger partial charge in [0.2, 0.25) is 10.0 Å². The first kappa shape index (κ1) is 21.0. The minimum Gasteiger partial charge on any atom is -0.480 e. The van der Waals surface area contributed by atoms with E-state index in [1.807, 2.05) is 13.8 Å². The predicted octanol–water partition coefficient (Wildman–Crippen LogP) is 1.81. The van der Waals surface area contributed by atoms with Crippen molar-refractivity contribution in [2.45, 2.75) is 49.8 Å². The Morgan fingerprint density at radius 2 is 1.75 bits per heavy atom. The second kappa shape index (κ2) is 8.36. The Bertz CT molecular complexity index is 777. The maximum atomic E-state index is 12.6. The topological polar surface area (TPSA) is 105 Å². The van der Waals surface area contributed by atoms with Crippen LogP contribution in [0.5, 0.6) is 0 Å². The molecule has 0 amide bonds. The SMILES string of the molecule is CC(C)C[C@H](NS(=O)(=O)c1ccc(N2CCC3(CC2)OCCO3)cc1)C(=O)O. The molecule has 0 unspecified atom stereocenters. The summed E-state index contributed by atoms with van der Waals surface area (Å²) in [6.07, 6.45) is 1.76. The Morgan fingerprint density at radius 1 is 1.18 bits per heavy atom. The Labute approximate surface area is 165 Å². The largest absolute Gasteiger partial charge is 0.480 e. The van der Waals surface area contributed by atoms with Crippen LogP contribution in [0.1, 0.15) is 33.1 Å². The van der Waals surface area contributed by atoms with Gasteiger partial charge in [0.1, 0.15) is 6.04 Å². The lowest BCUT2D eigenvalue weighted by atomic mass is 10.0. The molecular weight excluding hydrogens is 384 g/mol. The van der Waals surface area contributed by atoms with Crippen molar-refractivity contribution >= 4 is 21.7 Å². The van der Waals surface area contributed by atoms with Crippen molar-refractivity contribution in [3.63, 3.8) is 0 Å². The lowest BCUT2D eigenvalue weighted by Crippen LogP contribution is -2.45. The van der Waals surface area contributed by atoms with E-state index >= 15 is 0 Å². The van der Waals surface area contributed by atoms with Gasteiger partial charge in [-0.25, -0.2) is 8.42 Å². The fourth-order valence-electron chi connectivity index (χ4n) is 3.65. The van der Waals surface area contributed by atoms with Crippen LogP contribution in [0.3, 0.4) is 0 Å². The Balaban J connectivity index is 1.65. The molecule has 1 atom stereocenters. The molecule has 2 heterocycles. The van der Waals surface area contributed by atoms with Gasteiger partial charge in [0.05, 0.1) is 18.1 Å². The zero-order chi connectivity index (χ0) is 20.4. The van der Waals surface area contributed by atoms with Crippen LogP contribution in [0, 0.1) is 5.92 Å². The van der Waals surface area contributed by atoms with E-state index in [1.54, 1.807) is 12.1 Å². The van der Waals surface area contributed by atoms with Gasteiger partial charge in [0.15, 0.2) is 5.79 Å². The molecule has 3 rings (SSSR count). The third-order valence-corrected chi connectivity index (χ3v) is 6.64. The Hall–Kier alpha value is -1.68. The molecule has 1 spiro atoms. The minimum atomic E-state index is -3.91. The molecule has 2 aliphatic rings. The minimum absolute atomic E-state index is 0.0568. The number of aliphatic carboxylic acids is 1. The second-order valence-corrected chi connectivity index (χ2v) is 9.44. The number of piperidine rings is 1. The van der Waals surface area contributed by atoms with Crippen LogP contribution >= 0.6 is 0 Å². The van der Waals surface area contributed by atoms with Crippen LogP contribution in [0.15, 0.2) is 29.2 Å². The van der Waals surface area contributed by atoms with Gasteiger partial charge in [-0.05, 0) is 36.6 Å². The van der Waals surface area contributed by atoms with Crippen LogP contribution in [-0.2, 0) is 24.3 Å². The van der Waals surface area contributed by atoms with E-state index in [2.05, 4.69) is 9.62 Å². The van der Waals surface area contributed by atoms with Gasteiger partial charge in [-0.2, -0.15) is 4.72 Å². The number of hydrogen-bond donors (Lipinski definition) is 2. The van der Waals surface area contributed by atoms with Gasteiger partial charge < -0.3 is 19.5 Å². The summed E-state index contributed by atoms with van der Waals surface area (Å²) >= 11 is 0. The number of carbonyl (C=O) groups is 1. The second-order valence-electron chi connectivity index (χ2n) is 7.73. The summed E-state index contributed by atoms with van der Waals surface area (Å²) in [6, 6.07) is 5.38. The molecule has 0 bridgehead atoms. The Morgan fingerprint density at radius 3 is 2.25 bits per heavy atom. The molecule has 28 heavy (non-hydrogen) atoms. The molecule has 2 aliphatic heterocycles. The van der Waals surface area contributed by atoms with Gasteiger partial charge in [-0.3, -0.25) is 4.79 Å². The molecule has 8 nitrogen and oxygen atoms in total. The molecule has 0 aliphatic carbocycles. The van der Waals surface area contributed by atoms with Gasteiger partial charge in [0.25, 0.3) is 0 Å². The van der Waals surface area contributed by atoms with Gasteiger partial charge in [-0.15, -0.1) is 0 Å². The highest BCUT2D eigenvalue weighted by atomic mass is 32.2. The number of carboxylic acid groups (broad SMARTS) is 1. The van der Waals surface area contributed by atoms with Crippen molar-refractivity contribution < 1.29 is 27.8 Å². The third-order valence-electron chi connectivity index (χ3n) is 5.15. The maximum Gasteiger partial charge on any atom is 0.321 e. The average Bonchev–Trinajstić information content (AvgIpc) is 3.09. The van der Waals surface area contributed by atoms with E-state index in [0.29, 0.717) is 13.2 Å². The maximum absolute atomic E-state index is 12.6. The van der Waals surface area contributed by atoms with Crippen LogP contribution in [0.25, 0.3) is 0 Å². The molecule has 9 heteroatoms. The highest BCUT2D eigenvalue weighted by molar-refractivity contribution is 7.89. The third kappa shape index (κ3) is 4.83. The number of anilines is 1. The summed E-state index contributed by atoms with van der Waals surface area (Å²) in [6.45, 7) is 6.49. The molecule has 0 saturated carbocycles. The Kier molecular flexibility index (Phi) is 6.28. The molecule has 2 saturated heterocycles. The molecule has 1 aromatic rings. The molecule has 2 N–H and O–H groups in total. The van der Waals surface area contributed by atoms with E-state index in [0.717, 1.165) is 31.6 Å². The number of carboxylic acids is 1. The number of hydrogen-bond acceptors (Lipinski definition) is 6. The van der Waals surface area contributed by atoms with Crippen molar-refractivity contribution in [1.29, 1.82) is 0 Å². The normalized spacial score (nSPS) is 20.6. The smallest absolute Gasteiger partial charge is 0.321 e. The van der Waals surface area contributed by atoms with Crippen LogP contribution in [-0.4, -0.2) is 57.6 Å². The van der Waals surface area contributed by atoms with E-state index < -0.39 is 27.8 Å². The van der Waals surface area contributed by atoms with E-state index in [9.17, 15) is 18.3 Å². The molecule has 0 radical (unpaired) electrons. The lowest BCUT2D eigenvalue weighted by Gasteiger charge is -2.38. The lowest BCUT2D eigenvalue weighted by molar-refractivity contribution is -0.169. The van der Waals surface area contributed by atoms with E-state index in [-0.39, 0.29) is 17.2 Å². The highest BCUT2D eigenvalue weighted by Crippen LogP contribution is 2.33. The van der Waals surface area contributed by atoms with Gasteiger partial charge in [0, 0.05) is 31.6 Å². The van der Waals surface area contributed by atoms with Crippen molar-refractivity contribution in [2.75, 3.05) is 31.2 Å². The molecular formula is C19H28N2O6S. The number of nitrogens with one attached hydrogen (secondary N) is 1. The van der Waals surface area contributed by atoms with Crippen molar-refractivity contribution in [2.24, 2.45) is 5.92 Å². The average molecular weight is 413 g/mol. The van der Waals surface area contributed by atoms with Gasteiger partial charge in [-0.1, -0.05) is 13.8 Å². The molecule has 156 valence electrons. The van der Waals surface area contributed by atoms with Crippen molar-refractivity contribution in [3.05, 3.63) is 24.3 Å². The monoisotopic (exact) mass is 412 g/mol. The summed E-state index contributed by atoms with van der Waals surface area (Å²) in [7, 11) is -3.91. The van der Waals surface area contributed by atoms with Crippen molar-refractivity contribution in [1.82, 2.24) is 4.72 Å². The number of benzene rings is 1. The van der Waals surface area contributed by atoms with Crippen LogP contribution < -0.4 is 9.62 Å². The number of rotatable bonds is 7. The zero-order valence-corrected chi connectivity index (χ0v) is 17.1. The van der Waals surface area contributed by atoms with E-state index in [4.69, 9.17) is 9.47 Å². The van der Waals surface area contributed by atoms with E-state index in [1.165, 1.54) is 12.1 Å². The van der Waals surface area contributed by atoms with Crippen LogP contribution in [0.2, 0.25) is 0 Å². The van der Waals surface area contributed by atoms with Gasteiger partial charge >= 0.3 is 5.97 Å². The standard InChI is InChI=1S/C19H28N2O6S/c1-14(2)13-17(18(22)23)20-28(24,25)16-5-3-15(4-6-16)21-9-7-19(8-10-21)26-11-12-27-19/h3-6,14,17,20H,7-13H2,1-2H3,(H,22,23)/t17-/m0/s1. The number of ether oxygens (including phenoxy) is 2. The van der Waals surface area contributed by atoms with Crippen LogP contribution in [0.4, 0.5) is 5.69 Å². The first-order valence-electron chi connectivity index (χ1n) is 9.59. The quantitative estimate of drug-likeness (QED) is 0.704. The fourth-order valence-corrected chi connectivity index (χ4v) is 4.86. The molecule has 1 aromatic carbocycles. The summed E-state index contributed by atoms with van der Waals surface area (Å²) in [5.41, 5.74) is 0.920.